The molecule has 0 aliphatic rings. The second kappa shape index (κ2) is 11.1. The topological polar surface area (TPSA) is 50.1 Å². The first-order valence-corrected chi connectivity index (χ1v) is 12.3. The third kappa shape index (κ3) is 4.91. The summed E-state index contributed by atoms with van der Waals surface area (Å²) in [5, 5.41) is 13.1. The van der Waals surface area contributed by atoms with Gasteiger partial charge in [0.25, 0.3) is 0 Å². The summed E-state index contributed by atoms with van der Waals surface area (Å²) in [7, 11) is -0.792. The van der Waals surface area contributed by atoms with Gasteiger partial charge in [-0.15, -0.1) is 17.0 Å². The van der Waals surface area contributed by atoms with Gasteiger partial charge in [0.05, 0.1) is 30.5 Å². The van der Waals surface area contributed by atoms with Gasteiger partial charge in [0.15, 0.2) is 0 Å². The first kappa shape index (κ1) is 24.4. The van der Waals surface area contributed by atoms with Gasteiger partial charge in [-0.25, -0.2) is 4.79 Å². The zero-order chi connectivity index (χ0) is 22.4. The standard InChI is InChI=1S/C28H23NO2P.BrH/c1-31-28(30)27-19-22(20-29)17-18-23(27)21-32(24-11-5-2-6-12-24,25-13-7-3-8-14-25)26-15-9-4-10-16-26;/h2-19H,21H2,1H3;1H/q+1;. The van der Waals surface area contributed by atoms with Crippen molar-refractivity contribution in [2.24, 2.45) is 0 Å². The Labute approximate surface area is 205 Å². The Bertz CT molecular complexity index is 1160. The molecule has 0 saturated heterocycles. The number of carbonyl (C=O) groups excluding carboxylic acids is 1. The van der Waals surface area contributed by atoms with Crippen LogP contribution in [0.5, 0.6) is 0 Å². The van der Waals surface area contributed by atoms with E-state index in [1.165, 1.54) is 23.0 Å². The minimum absolute atomic E-state index is 0. The fourth-order valence-electron chi connectivity index (χ4n) is 4.11. The van der Waals surface area contributed by atoms with Gasteiger partial charge in [-0.2, -0.15) is 5.26 Å². The van der Waals surface area contributed by atoms with Crippen LogP contribution in [0.4, 0.5) is 0 Å². The molecule has 4 aromatic carbocycles. The van der Waals surface area contributed by atoms with Gasteiger partial charge in [-0.3, -0.25) is 0 Å². The van der Waals surface area contributed by atoms with E-state index in [1.54, 1.807) is 12.1 Å². The van der Waals surface area contributed by atoms with Crippen molar-refractivity contribution in [3.05, 3.63) is 126 Å². The Morgan fingerprint density at radius 1 is 0.788 bits per heavy atom. The second-order valence-corrected chi connectivity index (χ2v) is 10.9. The Kier molecular flexibility index (Phi) is 8.17. The minimum Gasteiger partial charge on any atom is -0.465 e. The van der Waals surface area contributed by atoms with E-state index in [0.29, 0.717) is 17.3 Å². The number of methoxy groups -OCH3 is 1. The molecule has 0 saturated carbocycles. The van der Waals surface area contributed by atoms with Crippen LogP contribution in [0.15, 0.2) is 109 Å². The Hall–Kier alpha value is -3.25. The summed E-state index contributed by atoms with van der Waals surface area (Å²) < 4.78 is 5.07. The molecule has 0 spiro atoms. The van der Waals surface area contributed by atoms with Crippen LogP contribution >= 0.6 is 24.2 Å². The molecule has 0 aromatic heterocycles. The number of hydrogen-bond acceptors (Lipinski definition) is 3. The fourth-order valence-corrected chi connectivity index (χ4v) is 8.38. The molecule has 0 heterocycles. The van der Waals surface area contributed by atoms with Crippen molar-refractivity contribution in [3.63, 3.8) is 0 Å². The van der Waals surface area contributed by atoms with Gasteiger partial charge in [-0.1, -0.05) is 60.7 Å². The molecule has 164 valence electrons. The zero-order valence-electron chi connectivity index (χ0n) is 18.2. The van der Waals surface area contributed by atoms with Crippen molar-refractivity contribution in [1.29, 1.82) is 5.26 Å². The number of ether oxygens (including phenoxy) is 1. The lowest BCUT2D eigenvalue weighted by atomic mass is 10.1. The van der Waals surface area contributed by atoms with Crippen molar-refractivity contribution in [2.45, 2.75) is 6.16 Å². The molecule has 3 nitrogen and oxygen atoms in total. The quantitative estimate of drug-likeness (QED) is 0.254. The summed E-state index contributed by atoms with van der Waals surface area (Å²) in [6.07, 6.45) is 0.640. The van der Waals surface area contributed by atoms with Crippen LogP contribution in [0.1, 0.15) is 21.5 Å². The molecule has 4 aromatic rings. The van der Waals surface area contributed by atoms with Gasteiger partial charge >= 0.3 is 5.97 Å². The number of hydrogen-bond donors (Lipinski definition) is 0. The van der Waals surface area contributed by atoms with Crippen LogP contribution in [0.3, 0.4) is 0 Å². The average Bonchev–Trinajstić information content (AvgIpc) is 2.88. The smallest absolute Gasteiger partial charge is 0.338 e. The fraction of sp³-hybridized carbons (Fsp3) is 0.0714. The Morgan fingerprint density at radius 2 is 1.24 bits per heavy atom. The van der Waals surface area contributed by atoms with Crippen LogP contribution in [-0.2, 0) is 10.9 Å². The molecule has 0 atom stereocenters. The SMILES string of the molecule is Br.COC(=O)c1cc(C#N)ccc1C[P+](c1ccccc1)(c1ccccc1)c1ccccc1. The molecule has 0 amide bonds. The maximum Gasteiger partial charge on any atom is 0.338 e. The highest BCUT2D eigenvalue weighted by Gasteiger charge is 2.46. The van der Waals surface area contributed by atoms with Crippen molar-refractivity contribution in [1.82, 2.24) is 0 Å². The molecule has 0 aliphatic carbocycles. The van der Waals surface area contributed by atoms with E-state index in [-0.39, 0.29) is 17.0 Å². The molecular weight excluding hydrogens is 493 g/mol. The van der Waals surface area contributed by atoms with E-state index >= 15 is 0 Å². The number of rotatable bonds is 6. The van der Waals surface area contributed by atoms with Crippen LogP contribution in [0.2, 0.25) is 0 Å². The summed E-state index contributed by atoms with van der Waals surface area (Å²) >= 11 is 0. The minimum atomic E-state index is -2.17. The Balaban J connectivity index is 0.00000306. The van der Waals surface area contributed by atoms with Crippen molar-refractivity contribution < 1.29 is 9.53 Å². The first-order chi connectivity index (χ1) is 15.7. The lowest BCUT2D eigenvalue weighted by Crippen LogP contribution is -2.32. The second-order valence-electron chi connectivity index (χ2n) is 7.45. The monoisotopic (exact) mass is 516 g/mol. The lowest BCUT2D eigenvalue weighted by molar-refractivity contribution is 0.0599. The summed E-state index contributed by atoms with van der Waals surface area (Å²) in [5.74, 6) is -0.426. The lowest BCUT2D eigenvalue weighted by Gasteiger charge is -2.28. The summed E-state index contributed by atoms with van der Waals surface area (Å²) in [5.41, 5.74) is 1.76. The number of carbonyl (C=O) groups is 1. The molecular formula is C28H24BrNO2P+. The maximum absolute atomic E-state index is 12.7. The summed E-state index contributed by atoms with van der Waals surface area (Å²) in [4.78, 5) is 12.7. The highest BCUT2D eigenvalue weighted by atomic mass is 79.9. The molecule has 0 N–H and O–H groups in total. The zero-order valence-corrected chi connectivity index (χ0v) is 20.8. The summed E-state index contributed by atoms with van der Waals surface area (Å²) in [6, 6.07) is 39.0. The van der Waals surface area contributed by atoms with Crippen LogP contribution in [0.25, 0.3) is 0 Å². The van der Waals surface area contributed by atoms with Crippen molar-refractivity contribution in [2.75, 3.05) is 7.11 Å². The molecule has 0 radical (unpaired) electrons. The Morgan fingerprint density at radius 3 is 1.64 bits per heavy atom. The van der Waals surface area contributed by atoms with Crippen LogP contribution in [-0.4, -0.2) is 13.1 Å². The van der Waals surface area contributed by atoms with Gasteiger partial charge in [-0.05, 0) is 48.5 Å². The molecule has 5 heteroatoms. The predicted molar refractivity (Wildman–Crippen MR) is 142 cm³/mol. The van der Waals surface area contributed by atoms with E-state index in [4.69, 9.17) is 4.74 Å². The van der Waals surface area contributed by atoms with Gasteiger partial charge in [0.2, 0.25) is 0 Å². The molecule has 0 fully saturated rings. The number of halogens is 1. The van der Waals surface area contributed by atoms with Gasteiger partial charge in [0.1, 0.15) is 23.2 Å². The first-order valence-electron chi connectivity index (χ1n) is 10.4. The highest BCUT2D eigenvalue weighted by Crippen LogP contribution is 2.58. The van der Waals surface area contributed by atoms with E-state index in [1.807, 2.05) is 24.3 Å². The number of nitrogens with zero attached hydrogens (tertiary/aromatic N) is 1. The number of nitriles is 1. The third-order valence-electron chi connectivity index (χ3n) is 5.64. The van der Waals surface area contributed by atoms with E-state index in [9.17, 15) is 10.1 Å². The third-order valence-corrected chi connectivity index (χ3v) is 10.00. The normalized spacial score (nSPS) is 10.5. The molecule has 33 heavy (non-hydrogen) atoms. The van der Waals surface area contributed by atoms with E-state index in [0.717, 1.165) is 5.56 Å². The van der Waals surface area contributed by atoms with Gasteiger partial charge < -0.3 is 4.74 Å². The average molecular weight is 517 g/mol. The predicted octanol–water partition coefficient (Wildman–Crippen LogP) is 5.42. The molecule has 4 rings (SSSR count). The molecule has 0 aliphatic heterocycles. The van der Waals surface area contributed by atoms with Gasteiger partial charge in [0, 0.05) is 5.56 Å². The molecule has 0 bridgehead atoms. The molecule has 0 unspecified atom stereocenters. The van der Waals surface area contributed by atoms with E-state index < -0.39 is 13.2 Å². The van der Waals surface area contributed by atoms with Crippen molar-refractivity contribution in [3.8, 4) is 6.07 Å². The van der Waals surface area contributed by atoms with Crippen molar-refractivity contribution >= 4 is 46.1 Å². The highest BCUT2D eigenvalue weighted by molar-refractivity contribution is 8.93. The number of benzene rings is 4. The van der Waals surface area contributed by atoms with E-state index in [2.05, 4.69) is 78.9 Å². The van der Waals surface area contributed by atoms with Crippen LogP contribution < -0.4 is 15.9 Å². The van der Waals surface area contributed by atoms with Crippen LogP contribution in [0, 0.1) is 11.3 Å². The maximum atomic E-state index is 12.7. The summed E-state index contributed by atoms with van der Waals surface area (Å²) in [6.45, 7) is 0. The largest absolute Gasteiger partial charge is 0.465 e. The number of esters is 1.